The number of halogens is 1. The Hall–Kier alpha value is -3.22. The maximum absolute atomic E-state index is 13.2. The minimum atomic E-state index is -0.326. The summed E-state index contributed by atoms with van der Waals surface area (Å²) in [7, 11) is 0. The number of hydrogen-bond acceptors (Lipinski definition) is 5. The number of aromatic nitrogens is 2. The minimum Gasteiger partial charge on any atom is -0.493 e. The van der Waals surface area contributed by atoms with Crippen LogP contribution >= 0.6 is 0 Å². The smallest absolute Gasteiger partial charge is 0.258 e. The molecule has 1 aliphatic heterocycles. The lowest BCUT2D eigenvalue weighted by atomic mass is 10.1. The molecule has 1 amide bonds. The Labute approximate surface area is 161 Å². The highest BCUT2D eigenvalue weighted by atomic mass is 19.1. The SMILES string of the molecule is CCOc1ccccc1C(=O)N1CCCC1c1nc(-c2ccc(F)cc2)no1. The van der Waals surface area contributed by atoms with Gasteiger partial charge in [0.05, 0.1) is 12.2 Å². The normalized spacial score (nSPS) is 16.4. The van der Waals surface area contributed by atoms with Crippen LogP contribution in [0.15, 0.2) is 53.1 Å². The fourth-order valence-electron chi connectivity index (χ4n) is 3.43. The number of carbonyl (C=O) groups is 1. The second-order valence-corrected chi connectivity index (χ2v) is 6.55. The average molecular weight is 381 g/mol. The van der Waals surface area contributed by atoms with Crippen LogP contribution in [0.4, 0.5) is 4.39 Å². The van der Waals surface area contributed by atoms with Crippen LogP contribution in [-0.2, 0) is 0 Å². The lowest BCUT2D eigenvalue weighted by Gasteiger charge is -2.23. The van der Waals surface area contributed by atoms with E-state index in [-0.39, 0.29) is 17.8 Å². The highest BCUT2D eigenvalue weighted by Gasteiger charge is 2.35. The van der Waals surface area contributed by atoms with Gasteiger partial charge in [0, 0.05) is 12.1 Å². The third-order valence-electron chi connectivity index (χ3n) is 4.76. The zero-order valence-corrected chi connectivity index (χ0v) is 15.5. The van der Waals surface area contributed by atoms with E-state index in [4.69, 9.17) is 9.26 Å². The second-order valence-electron chi connectivity index (χ2n) is 6.55. The van der Waals surface area contributed by atoms with Crippen LogP contribution in [0.3, 0.4) is 0 Å². The molecule has 1 aliphatic rings. The molecule has 28 heavy (non-hydrogen) atoms. The van der Waals surface area contributed by atoms with Crippen molar-refractivity contribution in [1.29, 1.82) is 0 Å². The standard InChI is InChI=1S/C21H20FN3O3/c1-2-27-18-8-4-3-6-16(18)21(26)25-13-5-7-17(25)20-23-19(24-28-20)14-9-11-15(22)12-10-14/h3-4,6,8-12,17H,2,5,7,13H2,1H3. The van der Waals surface area contributed by atoms with Crippen molar-refractivity contribution in [3.05, 3.63) is 65.8 Å². The van der Waals surface area contributed by atoms with Crippen molar-refractivity contribution in [2.24, 2.45) is 0 Å². The van der Waals surface area contributed by atoms with Crippen molar-refractivity contribution in [3.63, 3.8) is 0 Å². The van der Waals surface area contributed by atoms with E-state index in [1.54, 1.807) is 29.2 Å². The van der Waals surface area contributed by atoms with Crippen molar-refractivity contribution in [2.75, 3.05) is 13.2 Å². The van der Waals surface area contributed by atoms with E-state index in [0.29, 0.717) is 41.7 Å². The largest absolute Gasteiger partial charge is 0.493 e. The highest BCUT2D eigenvalue weighted by molar-refractivity contribution is 5.97. The number of rotatable bonds is 5. The van der Waals surface area contributed by atoms with Gasteiger partial charge in [0.25, 0.3) is 5.91 Å². The molecule has 1 saturated heterocycles. The molecule has 0 bridgehead atoms. The molecule has 144 valence electrons. The monoisotopic (exact) mass is 381 g/mol. The lowest BCUT2D eigenvalue weighted by Crippen LogP contribution is -2.31. The van der Waals surface area contributed by atoms with Gasteiger partial charge in [-0.05, 0) is 56.2 Å². The molecule has 0 saturated carbocycles. The highest BCUT2D eigenvalue weighted by Crippen LogP contribution is 2.34. The van der Waals surface area contributed by atoms with E-state index in [2.05, 4.69) is 10.1 Å². The number of carbonyl (C=O) groups excluding carboxylic acids is 1. The maximum atomic E-state index is 13.2. The van der Waals surface area contributed by atoms with Crippen LogP contribution in [-0.4, -0.2) is 34.1 Å². The number of para-hydroxylation sites is 1. The van der Waals surface area contributed by atoms with Crippen LogP contribution in [0, 0.1) is 5.82 Å². The van der Waals surface area contributed by atoms with Crippen LogP contribution in [0.25, 0.3) is 11.4 Å². The minimum absolute atomic E-state index is 0.118. The molecule has 1 aromatic heterocycles. The molecule has 7 heteroatoms. The molecule has 4 rings (SSSR count). The molecule has 0 spiro atoms. The van der Waals surface area contributed by atoms with E-state index >= 15 is 0 Å². The van der Waals surface area contributed by atoms with Gasteiger partial charge >= 0.3 is 0 Å². The summed E-state index contributed by atoms with van der Waals surface area (Å²) in [5.74, 6) is 0.891. The third kappa shape index (κ3) is 3.47. The number of benzene rings is 2. The van der Waals surface area contributed by atoms with Crippen molar-refractivity contribution < 1.29 is 18.4 Å². The molecule has 1 atom stereocenters. The first-order valence-electron chi connectivity index (χ1n) is 9.29. The Morgan fingerprint density at radius 2 is 2.04 bits per heavy atom. The predicted molar refractivity (Wildman–Crippen MR) is 100 cm³/mol. The van der Waals surface area contributed by atoms with Crippen molar-refractivity contribution >= 4 is 5.91 Å². The number of ether oxygens (including phenoxy) is 1. The molecular weight excluding hydrogens is 361 g/mol. The number of hydrogen-bond donors (Lipinski definition) is 0. The first kappa shape index (κ1) is 18.2. The fraction of sp³-hybridized carbons (Fsp3) is 0.286. The number of likely N-dealkylation sites (tertiary alicyclic amines) is 1. The number of nitrogens with zero attached hydrogens (tertiary/aromatic N) is 3. The van der Waals surface area contributed by atoms with Gasteiger partial charge in [-0.3, -0.25) is 4.79 Å². The van der Waals surface area contributed by atoms with Crippen molar-refractivity contribution in [2.45, 2.75) is 25.8 Å². The van der Waals surface area contributed by atoms with E-state index in [1.165, 1.54) is 12.1 Å². The van der Waals surface area contributed by atoms with Gasteiger partial charge in [0.1, 0.15) is 17.6 Å². The average Bonchev–Trinajstić information content (AvgIpc) is 3.38. The molecule has 0 N–H and O–H groups in total. The Morgan fingerprint density at radius 1 is 1.25 bits per heavy atom. The summed E-state index contributed by atoms with van der Waals surface area (Å²) in [6.07, 6.45) is 1.59. The van der Waals surface area contributed by atoms with Crippen LogP contribution in [0.5, 0.6) is 5.75 Å². The predicted octanol–water partition coefficient (Wildman–Crippen LogP) is 4.25. The molecule has 2 aromatic carbocycles. The summed E-state index contributed by atoms with van der Waals surface area (Å²) in [4.78, 5) is 19.4. The summed E-state index contributed by atoms with van der Waals surface area (Å²) in [5, 5.41) is 4.00. The summed E-state index contributed by atoms with van der Waals surface area (Å²) in [6.45, 7) is 2.98. The zero-order chi connectivity index (χ0) is 19.5. The van der Waals surface area contributed by atoms with E-state index < -0.39 is 0 Å². The Balaban J connectivity index is 1.59. The third-order valence-corrected chi connectivity index (χ3v) is 4.76. The van der Waals surface area contributed by atoms with Gasteiger partial charge in [-0.25, -0.2) is 4.39 Å². The van der Waals surface area contributed by atoms with Crippen molar-refractivity contribution in [1.82, 2.24) is 15.0 Å². The summed E-state index contributed by atoms with van der Waals surface area (Å²) in [6, 6.07) is 12.8. The van der Waals surface area contributed by atoms with E-state index in [0.717, 1.165) is 12.8 Å². The second kappa shape index (κ2) is 7.80. The fourth-order valence-corrected chi connectivity index (χ4v) is 3.43. The Kier molecular flexibility index (Phi) is 5.06. The quantitative estimate of drug-likeness (QED) is 0.661. The molecule has 1 unspecified atom stereocenters. The van der Waals surface area contributed by atoms with Gasteiger partial charge in [0.2, 0.25) is 11.7 Å². The zero-order valence-electron chi connectivity index (χ0n) is 15.5. The molecule has 3 aromatic rings. The molecule has 0 radical (unpaired) electrons. The van der Waals surface area contributed by atoms with Gasteiger partial charge < -0.3 is 14.2 Å². The molecule has 1 fully saturated rings. The first-order valence-corrected chi connectivity index (χ1v) is 9.29. The summed E-state index contributed by atoms with van der Waals surface area (Å²) in [5.41, 5.74) is 1.18. The van der Waals surface area contributed by atoms with Gasteiger partial charge in [-0.15, -0.1) is 0 Å². The Morgan fingerprint density at radius 3 is 2.82 bits per heavy atom. The molecular formula is C21H20FN3O3. The van der Waals surface area contributed by atoms with Gasteiger partial charge in [0.15, 0.2) is 0 Å². The first-order chi connectivity index (χ1) is 13.7. The number of amides is 1. The van der Waals surface area contributed by atoms with Crippen LogP contribution < -0.4 is 4.74 Å². The topological polar surface area (TPSA) is 68.5 Å². The van der Waals surface area contributed by atoms with Crippen molar-refractivity contribution in [3.8, 4) is 17.1 Å². The maximum Gasteiger partial charge on any atom is 0.258 e. The summed E-state index contributed by atoms with van der Waals surface area (Å²) < 4.78 is 24.2. The summed E-state index contributed by atoms with van der Waals surface area (Å²) >= 11 is 0. The molecule has 6 nitrogen and oxygen atoms in total. The molecule has 2 heterocycles. The molecule has 0 aliphatic carbocycles. The van der Waals surface area contributed by atoms with E-state index in [1.807, 2.05) is 19.1 Å². The lowest BCUT2D eigenvalue weighted by molar-refractivity contribution is 0.0706. The Bertz CT molecular complexity index is 971. The van der Waals surface area contributed by atoms with Gasteiger partial charge in [-0.1, -0.05) is 17.3 Å². The van der Waals surface area contributed by atoms with E-state index in [9.17, 15) is 9.18 Å². The van der Waals surface area contributed by atoms with Crippen LogP contribution in [0.2, 0.25) is 0 Å². The van der Waals surface area contributed by atoms with Crippen LogP contribution in [0.1, 0.15) is 42.1 Å². The van der Waals surface area contributed by atoms with Gasteiger partial charge in [-0.2, -0.15) is 4.98 Å².